The van der Waals surface area contributed by atoms with E-state index in [1.54, 1.807) is 16.4 Å². The first-order chi connectivity index (χ1) is 11.8. The maximum Gasteiger partial charge on any atom is 0.214 e. The van der Waals surface area contributed by atoms with Gasteiger partial charge in [0.1, 0.15) is 11.4 Å². The van der Waals surface area contributed by atoms with Gasteiger partial charge in [0.2, 0.25) is 5.16 Å². The van der Waals surface area contributed by atoms with Gasteiger partial charge in [0, 0.05) is 19.0 Å². The van der Waals surface area contributed by atoms with Crippen molar-refractivity contribution in [3.8, 4) is 11.4 Å². The molecule has 0 aliphatic carbocycles. The predicted molar refractivity (Wildman–Crippen MR) is 92.6 cm³/mol. The molecule has 0 fully saturated rings. The number of ether oxygens (including phenoxy) is 1. The molecule has 3 aromatic rings. The molecule has 0 spiro atoms. The third-order valence-corrected chi connectivity index (χ3v) is 4.44. The lowest BCUT2D eigenvalue weighted by Gasteiger charge is -2.10. The van der Waals surface area contributed by atoms with Gasteiger partial charge in [-0.3, -0.25) is 4.68 Å². The van der Waals surface area contributed by atoms with Crippen LogP contribution >= 0.6 is 11.8 Å². The molecule has 0 aliphatic rings. The van der Waals surface area contributed by atoms with E-state index in [0.29, 0.717) is 6.61 Å². The van der Waals surface area contributed by atoms with E-state index in [1.165, 1.54) is 5.56 Å². The molecule has 24 heavy (non-hydrogen) atoms. The molecule has 0 saturated carbocycles. The molecule has 2 aromatic heterocycles. The number of aryl methyl sites for hydroxylation is 2. The molecule has 0 bridgehead atoms. The molecule has 7 nitrogen and oxygen atoms in total. The van der Waals surface area contributed by atoms with E-state index >= 15 is 0 Å². The van der Waals surface area contributed by atoms with Crippen LogP contribution in [-0.4, -0.2) is 42.3 Å². The molecule has 0 saturated heterocycles. The Balaban J connectivity index is 1.63. The van der Waals surface area contributed by atoms with E-state index in [2.05, 4.69) is 20.6 Å². The first-order valence-electron chi connectivity index (χ1n) is 7.89. The molecule has 0 amide bonds. The number of tetrazole rings is 1. The third-order valence-electron chi connectivity index (χ3n) is 3.43. The minimum absolute atomic E-state index is 0.604. The molecule has 1 aromatic carbocycles. The van der Waals surface area contributed by atoms with Gasteiger partial charge >= 0.3 is 0 Å². The summed E-state index contributed by atoms with van der Waals surface area (Å²) < 4.78 is 9.23. The van der Waals surface area contributed by atoms with E-state index in [1.807, 2.05) is 55.3 Å². The second-order valence-electron chi connectivity index (χ2n) is 5.25. The maximum absolute atomic E-state index is 5.67. The quantitative estimate of drug-likeness (QED) is 0.462. The van der Waals surface area contributed by atoms with Gasteiger partial charge in [-0.25, -0.2) is 0 Å². The van der Waals surface area contributed by atoms with Crippen molar-refractivity contribution in [1.82, 2.24) is 30.0 Å². The number of hydrogen-bond acceptors (Lipinski definition) is 6. The Bertz CT molecular complexity index is 784. The number of benzene rings is 1. The van der Waals surface area contributed by atoms with Crippen molar-refractivity contribution < 1.29 is 4.74 Å². The summed E-state index contributed by atoms with van der Waals surface area (Å²) in [6.45, 7) is 2.57. The topological polar surface area (TPSA) is 70.7 Å². The zero-order chi connectivity index (χ0) is 16.8. The Morgan fingerprint density at radius 2 is 2.12 bits per heavy atom. The smallest absolute Gasteiger partial charge is 0.214 e. The van der Waals surface area contributed by atoms with Crippen LogP contribution in [0.5, 0.6) is 5.75 Å². The second kappa shape index (κ2) is 7.96. The van der Waals surface area contributed by atoms with Crippen LogP contribution in [0.2, 0.25) is 0 Å². The molecule has 3 rings (SSSR count). The lowest BCUT2D eigenvalue weighted by molar-refractivity contribution is 0.337. The van der Waals surface area contributed by atoms with Crippen molar-refractivity contribution in [1.29, 1.82) is 0 Å². The fourth-order valence-corrected chi connectivity index (χ4v) is 3.19. The molecule has 0 unspecified atom stereocenters. The molecule has 0 aliphatic heterocycles. The van der Waals surface area contributed by atoms with Crippen molar-refractivity contribution in [2.75, 3.05) is 12.4 Å². The van der Waals surface area contributed by atoms with Gasteiger partial charge in [-0.1, -0.05) is 23.9 Å². The number of nitrogens with zero attached hydrogens (tertiary/aromatic N) is 6. The van der Waals surface area contributed by atoms with Crippen LogP contribution in [0.15, 0.2) is 41.8 Å². The van der Waals surface area contributed by atoms with Crippen LogP contribution < -0.4 is 4.74 Å². The second-order valence-corrected chi connectivity index (χ2v) is 6.31. The van der Waals surface area contributed by atoms with Gasteiger partial charge in [-0.15, -0.1) is 5.10 Å². The first kappa shape index (κ1) is 16.5. The van der Waals surface area contributed by atoms with Gasteiger partial charge in [0.25, 0.3) is 0 Å². The van der Waals surface area contributed by atoms with Crippen molar-refractivity contribution in [2.24, 2.45) is 7.05 Å². The fourth-order valence-electron chi connectivity index (χ4n) is 2.37. The molecule has 0 radical (unpaired) electrons. The fraction of sp³-hybridized carbons (Fsp3) is 0.375. The molecule has 126 valence electrons. The van der Waals surface area contributed by atoms with Gasteiger partial charge in [-0.2, -0.15) is 9.78 Å². The highest BCUT2D eigenvalue weighted by atomic mass is 32.2. The van der Waals surface area contributed by atoms with E-state index in [-0.39, 0.29) is 0 Å². The molecule has 0 atom stereocenters. The van der Waals surface area contributed by atoms with Crippen molar-refractivity contribution in [3.05, 3.63) is 42.2 Å². The Labute approximate surface area is 145 Å². The van der Waals surface area contributed by atoms with E-state index in [9.17, 15) is 0 Å². The highest BCUT2D eigenvalue weighted by Gasteiger charge is 2.13. The molecule has 8 heteroatoms. The number of rotatable bonds is 8. The Morgan fingerprint density at radius 3 is 2.92 bits per heavy atom. The SMILES string of the molecule is CCOc1ccccc1-n1nnnc1SCCCc1cnn(C)c1. The summed E-state index contributed by atoms with van der Waals surface area (Å²) in [6, 6.07) is 7.79. The van der Waals surface area contributed by atoms with E-state index < -0.39 is 0 Å². The number of hydrogen-bond donors (Lipinski definition) is 0. The maximum atomic E-state index is 5.67. The standard InChI is InChI=1S/C16H20N6OS/c1-3-23-15-9-5-4-8-14(15)22-16(18-19-20-22)24-10-6-7-13-11-17-21(2)12-13/h4-5,8-9,11-12H,3,6-7,10H2,1-2H3. The predicted octanol–water partition coefficient (Wildman–Crippen LogP) is 2.52. The van der Waals surface area contributed by atoms with E-state index in [0.717, 1.165) is 35.2 Å². The molecular formula is C16H20N6OS. The minimum atomic E-state index is 0.604. The van der Waals surface area contributed by atoms with Crippen molar-refractivity contribution >= 4 is 11.8 Å². The Morgan fingerprint density at radius 1 is 1.25 bits per heavy atom. The van der Waals surface area contributed by atoms with Crippen LogP contribution in [0.3, 0.4) is 0 Å². The summed E-state index contributed by atoms with van der Waals surface area (Å²) in [5.41, 5.74) is 2.11. The van der Waals surface area contributed by atoms with Gasteiger partial charge in [0.05, 0.1) is 12.8 Å². The van der Waals surface area contributed by atoms with Gasteiger partial charge in [-0.05, 0) is 47.9 Å². The first-order valence-corrected chi connectivity index (χ1v) is 8.87. The molecule has 0 N–H and O–H groups in total. The number of aromatic nitrogens is 6. The molecular weight excluding hydrogens is 324 g/mol. The van der Waals surface area contributed by atoms with Gasteiger partial charge < -0.3 is 4.74 Å². The minimum Gasteiger partial charge on any atom is -0.492 e. The highest BCUT2D eigenvalue weighted by Crippen LogP contribution is 2.26. The van der Waals surface area contributed by atoms with Gasteiger partial charge in [0.15, 0.2) is 0 Å². The zero-order valence-electron chi connectivity index (χ0n) is 13.8. The van der Waals surface area contributed by atoms with Crippen molar-refractivity contribution in [3.63, 3.8) is 0 Å². The average molecular weight is 344 g/mol. The van der Waals surface area contributed by atoms with Crippen LogP contribution in [0.25, 0.3) is 5.69 Å². The number of thioether (sulfide) groups is 1. The van der Waals surface area contributed by atoms with Crippen LogP contribution in [0, 0.1) is 0 Å². The molecule has 2 heterocycles. The van der Waals surface area contributed by atoms with Crippen LogP contribution in [0.1, 0.15) is 18.9 Å². The number of para-hydroxylation sites is 2. The lowest BCUT2D eigenvalue weighted by atomic mass is 10.2. The summed E-state index contributed by atoms with van der Waals surface area (Å²) >= 11 is 1.65. The van der Waals surface area contributed by atoms with Crippen LogP contribution in [-0.2, 0) is 13.5 Å². The third kappa shape index (κ3) is 3.94. The summed E-state index contributed by atoms with van der Waals surface area (Å²) in [5.74, 6) is 1.72. The monoisotopic (exact) mass is 344 g/mol. The Hall–Kier alpha value is -2.35. The Kier molecular flexibility index (Phi) is 5.47. The average Bonchev–Trinajstić information content (AvgIpc) is 3.21. The summed E-state index contributed by atoms with van der Waals surface area (Å²) in [4.78, 5) is 0. The zero-order valence-corrected chi connectivity index (χ0v) is 14.6. The normalized spacial score (nSPS) is 10.9. The van der Waals surface area contributed by atoms with E-state index in [4.69, 9.17) is 4.74 Å². The van der Waals surface area contributed by atoms with Crippen LogP contribution in [0.4, 0.5) is 0 Å². The van der Waals surface area contributed by atoms with Crippen molar-refractivity contribution in [2.45, 2.75) is 24.9 Å². The summed E-state index contributed by atoms with van der Waals surface area (Å²) in [7, 11) is 1.93. The highest BCUT2D eigenvalue weighted by molar-refractivity contribution is 7.99. The largest absolute Gasteiger partial charge is 0.492 e. The summed E-state index contributed by atoms with van der Waals surface area (Å²) in [5, 5.41) is 17.0. The summed E-state index contributed by atoms with van der Waals surface area (Å²) in [6.07, 6.45) is 5.99. The lowest BCUT2D eigenvalue weighted by Crippen LogP contribution is -2.03.